The number of aromatic nitrogens is 5. The van der Waals surface area contributed by atoms with Crippen LogP contribution in [0.5, 0.6) is 0 Å². The number of carboxylic acid groups (broad SMARTS) is 1. The predicted octanol–water partition coefficient (Wildman–Crippen LogP) is 2.65. The SMILES string of the molecule is Nc1nonc1-n1nnc(C(=O)O)c1-c1ccc(C2CCCCC2)cc1. The van der Waals surface area contributed by atoms with E-state index in [9.17, 15) is 9.90 Å². The molecule has 2 heterocycles. The third kappa shape index (κ3) is 2.81. The summed E-state index contributed by atoms with van der Waals surface area (Å²) in [7, 11) is 0. The van der Waals surface area contributed by atoms with Gasteiger partial charge >= 0.3 is 5.97 Å². The van der Waals surface area contributed by atoms with Gasteiger partial charge in [0.1, 0.15) is 5.69 Å². The summed E-state index contributed by atoms with van der Waals surface area (Å²) >= 11 is 0. The van der Waals surface area contributed by atoms with Crippen molar-refractivity contribution in [2.24, 2.45) is 0 Å². The predicted molar refractivity (Wildman–Crippen MR) is 91.8 cm³/mol. The molecule has 3 aromatic rings. The normalized spacial score (nSPS) is 15.2. The van der Waals surface area contributed by atoms with Gasteiger partial charge in [0.25, 0.3) is 0 Å². The number of nitrogens with two attached hydrogens (primary N) is 1. The number of benzene rings is 1. The van der Waals surface area contributed by atoms with Gasteiger partial charge in [-0.1, -0.05) is 48.7 Å². The van der Waals surface area contributed by atoms with E-state index >= 15 is 0 Å². The molecule has 0 aliphatic heterocycles. The third-order valence-electron chi connectivity index (χ3n) is 4.83. The van der Waals surface area contributed by atoms with Crippen LogP contribution in [0.25, 0.3) is 17.1 Å². The van der Waals surface area contributed by atoms with Crippen molar-refractivity contribution in [3.05, 3.63) is 35.5 Å². The Balaban J connectivity index is 1.76. The van der Waals surface area contributed by atoms with Crippen LogP contribution in [0, 0.1) is 0 Å². The van der Waals surface area contributed by atoms with E-state index in [0.29, 0.717) is 11.5 Å². The Morgan fingerprint density at radius 2 is 1.88 bits per heavy atom. The van der Waals surface area contributed by atoms with Crippen molar-refractivity contribution >= 4 is 11.8 Å². The molecular weight excluding hydrogens is 336 g/mol. The van der Waals surface area contributed by atoms with Crippen molar-refractivity contribution in [2.45, 2.75) is 38.0 Å². The van der Waals surface area contributed by atoms with Crippen LogP contribution in [-0.2, 0) is 0 Å². The maximum Gasteiger partial charge on any atom is 0.358 e. The number of hydrogen-bond acceptors (Lipinski definition) is 7. The monoisotopic (exact) mass is 354 g/mol. The fraction of sp³-hybridized carbons (Fsp3) is 0.353. The van der Waals surface area contributed by atoms with Crippen LogP contribution in [0.15, 0.2) is 28.9 Å². The van der Waals surface area contributed by atoms with Crippen LogP contribution in [0.3, 0.4) is 0 Å². The molecule has 0 unspecified atom stereocenters. The number of aromatic carboxylic acids is 1. The molecule has 1 aliphatic carbocycles. The summed E-state index contributed by atoms with van der Waals surface area (Å²) in [4.78, 5) is 11.6. The lowest BCUT2D eigenvalue weighted by Crippen LogP contribution is -2.06. The van der Waals surface area contributed by atoms with Gasteiger partial charge in [0, 0.05) is 5.56 Å². The second kappa shape index (κ2) is 6.58. The van der Waals surface area contributed by atoms with Gasteiger partial charge in [0.2, 0.25) is 11.6 Å². The molecule has 1 aromatic carbocycles. The first-order valence-corrected chi connectivity index (χ1v) is 8.53. The lowest BCUT2D eigenvalue weighted by molar-refractivity contribution is 0.0691. The van der Waals surface area contributed by atoms with E-state index in [1.54, 1.807) is 0 Å². The summed E-state index contributed by atoms with van der Waals surface area (Å²) in [6.45, 7) is 0. The number of carbonyl (C=O) groups is 1. The summed E-state index contributed by atoms with van der Waals surface area (Å²) in [6.07, 6.45) is 6.20. The molecule has 9 heteroatoms. The number of hydrogen-bond donors (Lipinski definition) is 2. The topological polar surface area (TPSA) is 133 Å². The number of anilines is 1. The highest BCUT2D eigenvalue weighted by Crippen LogP contribution is 2.34. The first kappa shape index (κ1) is 16.2. The van der Waals surface area contributed by atoms with Gasteiger partial charge in [0.15, 0.2) is 5.69 Å². The Morgan fingerprint density at radius 1 is 1.15 bits per heavy atom. The van der Waals surface area contributed by atoms with Crippen LogP contribution in [0.1, 0.15) is 54.1 Å². The van der Waals surface area contributed by atoms with Crippen molar-refractivity contribution in [1.82, 2.24) is 25.3 Å². The zero-order chi connectivity index (χ0) is 18.1. The Hall–Kier alpha value is -3.23. The Morgan fingerprint density at radius 3 is 2.50 bits per heavy atom. The van der Waals surface area contributed by atoms with Gasteiger partial charge in [-0.3, -0.25) is 0 Å². The van der Waals surface area contributed by atoms with E-state index in [0.717, 1.165) is 0 Å². The highest BCUT2D eigenvalue weighted by Gasteiger charge is 2.25. The van der Waals surface area contributed by atoms with Crippen molar-refractivity contribution in [1.29, 1.82) is 0 Å². The molecule has 2 aromatic heterocycles. The molecule has 9 nitrogen and oxygen atoms in total. The standard InChI is InChI=1S/C17H18N6O3/c18-15-16(21-26-20-15)23-14(13(17(24)25)19-22-23)12-8-6-11(7-9-12)10-4-2-1-3-5-10/h6-10H,1-5H2,(H2,18,20)(H,24,25). The van der Waals surface area contributed by atoms with Gasteiger partial charge in [-0.15, -0.1) is 5.10 Å². The molecule has 0 radical (unpaired) electrons. The first-order valence-electron chi connectivity index (χ1n) is 8.53. The van der Waals surface area contributed by atoms with Crippen molar-refractivity contribution in [3.63, 3.8) is 0 Å². The van der Waals surface area contributed by atoms with Crippen LogP contribution >= 0.6 is 0 Å². The van der Waals surface area contributed by atoms with Gasteiger partial charge in [-0.25, -0.2) is 9.42 Å². The number of rotatable bonds is 4. The average molecular weight is 354 g/mol. The van der Waals surface area contributed by atoms with E-state index in [2.05, 4.69) is 25.3 Å². The fourth-order valence-electron chi connectivity index (χ4n) is 3.52. The highest BCUT2D eigenvalue weighted by molar-refractivity contribution is 5.93. The summed E-state index contributed by atoms with van der Waals surface area (Å²) < 4.78 is 5.84. The lowest BCUT2D eigenvalue weighted by atomic mass is 9.84. The zero-order valence-electron chi connectivity index (χ0n) is 14.0. The van der Waals surface area contributed by atoms with Crippen LogP contribution in [0.2, 0.25) is 0 Å². The average Bonchev–Trinajstić information content (AvgIpc) is 3.28. The minimum absolute atomic E-state index is 0.00640. The summed E-state index contributed by atoms with van der Waals surface area (Å²) in [5.41, 5.74) is 7.76. The van der Waals surface area contributed by atoms with Gasteiger partial charge < -0.3 is 10.8 Å². The minimum Gasteiger partial charge on any atom is -0.476 e. The maximum atomic E-state index is 11.6. The van der Waals surface area contributed by atoms with Crippen molar-refractivity contribution in [3.8, 4) is 17.1 Å². The van der Waals surface area contributed by atoms with Crippen LogP contribution < -0.4 is 5.73 Å². The second-order valence-corrected chi connectivity index (χ2v) is 6.43. The fourth-order valence-corrected chi connectivity index (χ4v) is 3.52. The summed E-state index contributed by atoms with van der Waals surface area (Å²) in [5, 5.41) is 24.3. The van der Waals surface area contributed by atoms with Crippen LogP contribution in [0.4, 0.5) is 5.82 Å². The van der Waals surface area contributed by atoms with Gasteiger partial charge in [-0.05, 0) is 34.6 Å². The van der Waals surface area contributed by atoms with E-state index in [-0.39, 0.29) is 23.0 Å². The molecule has 4 rings (SSSR count). The van der Waals surface area contributed by atoms with E-state index in [1.165, 1.54) is 42.3 Å². The van der Waals surface area contributed by atoms with Gasteiger partial charge in [0.05, 0.1) is 0 Å². The molecule has 0 spiro atoms. The molecular formula is C17H18N6O3. The Labute approximate surface area is 148 Å². The number of nitrogens with zero attached hydrogens (tertiary/aromatic N) is 5. The quantitative estimate of drug-likeness (QED) is 0.730. The molecule has 0 bridgehead atoms. The largest absolute Gasteiger partial charge is 0.476 e. The minimum atomic E-state index is -1.18. The van der Waals surface area contributed by atoms with Crippen molar-refractivity contribution < 1.29 is 14.5 Å². The highest BCUT2D eigenvalue weighted by atomic mass is 16.6. The molecule has 26 heavy (non-hydrogen) atoms. The lowest BCUT2D eigenvalue weighted by Gasteiger charge is -2.22. The first-order chi connectivity index (χ1) is 12.6. The number of nitrogen functional groups attached to an aromatic ring is 1. The zero-order valence-corrected chi connectivity index (χ0v) is 14.0. The van der Waals surface area contributed by atoms with Crippen molar-refractivity contribution in [2.75, 3.05) is 5.73 Å². The Kier molecular flexibility index (Phi) is 4.11. The molecule has 1 aliphatic rings. The van der Waals surface area contributed by atoms with Crippen LogP contribution in [-0.4, -0.2) is 36.4 Å². The molecule has 0 amide bonds. The van der Waals surface area contributed by atoms with E-state index in [1.807, 2.05) is 24.3 Å². The molecule has 134 valence electrons. The third-order valence-corrected chi connectivity index (χ3v) is 4.83. The molecule has 1 fully saturated rings. The smallest absolute Gasteiger partial charge is 0.358 e. The maximum absolute atomic E-state index is 11.6. The number of carboxylic acids is 1. The molecule has 1 saturated carbocycles. The Bertz CT molecular complexity index is 924. The van der Waals surface area contributed by atoms with E-state index in [4.69, 9.17) is 5.73 Å². The van der Waals surface area contributed by atoms with E-state index < -0.39 is 5.97 Å². The molecule has 0 saturated heterocycles. The molecule has 3 N–H and O–H groups in total. The summed E-state index contributed by atoms with van der Waals surface area (Å²) in [5.74, 6) is -0.504. The van der Waals surface area contributed by atoms with Gasteiger partial charge in [-0.2, -0.15) is 4.68 Å². The molecule has 0 atom stereocenters. The second-order valence-electron chi connectivity index (χ2n) is 6.43. The summed E-state index contributed by atoms with van der Waals surface area (Å²) in [6, 6.07) is 7.85.